The zero-order valence-electron chi connectivity index (χ0n) is 17.9. The summed E-state index contributed by atoms with van der Waals surface area (Å²) in [4.78, 5) is 35.8. The summed E-state index contributed by atoms with van der Waals surface area (Å²) in [6.45, 7) is 5.37. The predicted octanol–water partition coefficient (Wildman–Crippen LogP) is 3.53. The monoisotopic (exact) mass is 424 g/mol. The zero-order valence-corrected chi connectivity index (χ0v) is 17.9. The molecule has 0 aliphatic heterocycles. The lowest BCUT2D eigenvalue weighted by atomic mass is 9.98. The quantitative estimate of drug-likeness (QED) is 0.601. The Morgan fingerprint density at radius 3 is 2.00 bits per heavy atom. The van der Waals surface area contributed by atoms with Crippen molar-refractivity contribution in [3.63, 3.8) is 0 Å². The zero-order chi connectivity index (χ0) is 22.5. The number of amides is 2. The Hall–Kier alpha value is -3.35. The van der Waals surface area contributed by atoms with E-state index in [4.69, 9.17) is 9.84 Å². The van der Waals surface area contributed by atoms with Gasteiger partial charge in [0, 0.05) is 12.0 Å². The maximum absolute atomic E-state index is 12.5. The van der Waals surface area contributed by atoms with Crippen molar-refractivity contribution in [2.24, 2.45) is 5.92 Å². The first kappa shape index (κ1) is 22.3. The molecule has 0 bridgehead atoms. The van der Waals surface area contributed by atoms with Gasteiger partial charge in [-0.25, -0.2) is 4.79 Å². The van der Waals surface area contributed by atoms with Gasteiger partial charge in [-0.15, -0.1) is 0 Å². The number of benzene rings is 2. The summed E-state index contributed by atoms with van der Waals surface area (Å²) in [7, 11) is 0. The number of carbonyl (C=O) groups is 3. The van der Waals surface area contributed by atoms with Gasteiger partial charge in [-0.05, 0) is 35.1 Å². The molecule has 0 aromatic heterocycles. The normalized spacial score (nSPS) is 14.3. The fourth-order valence-corrected chi connectivity index (χ4v) is 3.95. The van der Waals surface area contributed by atoms with Gasteiger partial charge < -0.3 is 20.5 Å². The van der Waals surface area contributed by atoms with E-state index in [0.29, 0.717) is 0 Å². The maximum atomic E-state index is 12.5. The van der Waals surface area contributed by atoms with Crippen molar-refractivity contribution < 1.29 is 24.2 Å². The van der Waals surface area contributed by atoms with Gasteiger partial charge in [0.05, 0.1) is 6.42 Å². The van der Waals surface area contributed by atoms with E-state index in [0.717, 1.165) is 22.3 Å². The van der Waals surface area contributed by atoms with Crippen LogP contribution in [0.25, 0.3) is 11.1 Å². The Balaban J connectivity index is 1.63. The third-order valence-corrected chi connectivity index (χ3v) is 5.44. The van der Waals surface area contributed by atoms with Crippen LogP contribution in [0, 0.1) is 5.92 Å². The number of fused-ring (bicyclic) bond motifs is 3. The van der Waals surface area contributed by atoms with Crippen LogP contribution in [-0.2, 0) is 14.3 Å². The molecular weight excluding hydrogens is 396 g/mol. The second-order valence-corrected chi connectivity index (χ2v) is 8.20. The molecule has 0 saturated heterocycles. The topological polar surface area (TPSA) is 105 Å². The summed E-state index contributed by atoms with van der Waals surface area (Å²) in [6, 6.07) is 14.7. The van der Waals surface area contributed by atoms with Crippen molar-refractivity contribution in [1.82, 2.24) is 10.6 Å². The van der Waals surface area contributed by atoms with Crippen LogP contribution in [0.15, 0.2) is 48.5 Å². The Labute approximate surface area is 181 Å². The summed E-state index contributed by atoms with van der Waals surface area (Å²) in [5.74, 6) is -1.70. The summed E-state index contributed by atoms with van der Waals surface area (Å²) in [5.41, 5.74) is 4.49. The highest BCUT2D eigenvalue weighted by molar-refractivity contribution is 5.86. The average Bonchev–Trinajstić information content (AvgIpc) is 3.03. The van der Waals surface area contributed by atoms with Crippen LogP contribution in [-0.4, -0.2) is 41.8 Å². The van der Waals surface area contributed by atoms with Gasteiger partial charge >= 0.3 is 12.1 Å². The van der Waals surface area contributed by atoms with E-state index < -0.39 is 30.1 Å². The van der Waals surface area contributed by atoms with Gasteiger partial charge in [0.1, 0.15) is 12.6 Å². The molecule has 2 atom stereocenters. The highest BCUT2D eigenvalue weighted by Crippen LogP contribution is 2.44. The molecule has 7 heteroatoms. The molecule has 3 rings (SSSR count). The molecule has 3 N–H and O–H groups in total. The van der Waals surface area contributed by atoms with E-state index in [9.17, 15) is 14.4 Å². The summed E-state index contributed by atoms with van der Waals surface area (Å²) < 4.78 is 5.52. The van der Waals surface area contributed by atoms with Gasteiger partial charge in [-0.3, -0.25) is 9.59 Å². The molecular formula is C24H28N2O5. The SMILES string of the molecule is CC(C)[C@@H](NC(=O)OCC1c2ccccc2-c2ccccc21)C(=O)N[C@H](C)CC(=O)O. The lowest BCUT2D eigenvalue weighted by molar-refractivity contribution is -0.137. The molecule has 31 heavy (non-hydrogen) atoms. The van der Waals surface area contributed by atoms with Crippen molar-refractivity contribution in [3.8, 4) is 11.1 Å². The second-order valence-electron chi connectivity index (χ2n) is 8.20. The third kappa shape index (κ3) is 5.23. The van der Waals surface area contributed by atoms with Crippen molar-refractivity contribution in [2.45, 2.75) is 45.2 Å². The first-order chi connectivity index (χ1) is 14.8. The number of carboxylic acid groups (broad SMARTS) is 1. The summed E-state index contributed by atoms with van der Waals surface area (Å²) in [6.07, 6.45) is -0.872. The minimum absolute atomic E-state index is 0.0694. The minimum Gasteiger partial charge on any atom is -0.481 e. The number of carboxylic acids is 1. The van der Waals surface area contributed by atoms with Crippen LogP contribution in [0.5, 0.6) is 0 Å². The van der Waals surface area contributed by atoms with E-state index in [1.807, 2.05) is 36.4 Å². The molecule has 0 heterocycles. The van der Waals surface area contributed by atoms with E-state index >= 15 is 0 Å². The van der Waals surface area contributed by atoms with Crippen LogP contribution in [0.3, 0.4) is 0 Å². The van der Waals surface area contributed by atoms with Crippen molar-refractivity contribution >= 4 is 18.0 Å². The lowest BCUT2D eigenvalue weighted by Crippen LogP contribution is -2.52. The van der Waals surface area contributed by atoms with Crippen LogP contribution in [0.2, 0.25) is 0 Å². The number of aliphatic carboxylic acids is 1. The summed E-state index contributed by atoms with van der Waals surface area (Å²) >= 11 is 0. The highest BCUT2D eigenvalue weighted by atomic mass is 16.5. The van der Waals surface area contributed by atoms with Gasteiger partial charge in [0.25, 0.3) is 0 Å². The fourth-order valence-electron chi connectivity index (χ4n) is 3.95. The number of ether oxygens (including phenoxy) is 1. The molecule has 1 aliphatic rings. The Kier molecular flexibility index (Phi) is 6.95. The molecule has 0 spiro atoms. The molecule has 2 aromatic carbocycles. The second kappa shape index (κ2) is 9.64. The van der Waals surface area contributed by atoms with Gasteiger partial charge in [-0.1, -0.05) is 62.4 Å². The molecule has 0 fully saturated rings. The Bertz CT molecular complexity index is 926. The average molecular weight is 424 g/mol. The van der Waals surface area contributed by atoms with Crippen LogP contribution < -0.4 is 10.6 Å². The van der Waals surface area contributed by atoms with Crippen LogP contribution in [0.1, 0.15) is 44.2 Å². The fraction of sp³-hybridized carbons (Fsp3) is 0.375. The van der Waals surface area contributed by atoms with Crippen LogP contribution in [0.4, 0.5) is 4.79 Å². The van der Waals surface area contributed by atoms with Crippen molar-refractivity contribution in [1.29, 1.82) is 0 Å². The van der Waals surface area contributed by atoms with E-state index in [-0.39, 0.29) is 24.9 Å². The standard InChI is InChI=1S/C24H28N2O5/c1-14(2)22(23(29)25-15(3)12-21(27)28)26-24(30)31-13-20-18-10-6-4-8-16(18)17-9-5-7-11-19(17)20/h4-11,14-15,20,22H,12-13H2,1-3H3,(H,25,29)(H,26,30)(H,27,28)/t15-,22-/m1/s1. The molecule has 0 saturated carbocycles. The van der Waals surface area contributed by atoms with Crippen molar-refractivity contribution in [3.05, 3.63) is 59.7 Å². The van der Waals surface area contributed by atoms with Crippen LogP contribution >= 0.6 is 0 Å². The smallest absolute Gasteiger partial charge is 0.407 e. The molecule has 0 radical (unpaired) electrons. The Morgan fingerprint density at radius 2 is 1.48 bits per heavy atom. The molecule has 2 aromatic rings. The van der Waals surface area contributed by atoms with Gasteiger partial charge in [-0.2, -0.15) is 0 Å². The van der Waals surface area contributed by atoms with E-state index in [2.05, 4.69) is 22.8 Å². The Morgan fingerprint density at radius 1 is 0.935 bits per heavy atom. The number of hydrogen-bond donors (Lipinski definition) is 3. The molecule has 0 unspecified atom stereocenters. The van der Waals surface area contributed by atoms with Gasteiger partial charge in [0.2, 0.25) is 5.91 Å². The van der Waals surface area contributed by atoms with Crippen molar-refractivity contribution in [2.75, 3.05) is 6.61 Å². The lowest BCUT2D eigenvalue weighted by Gasteiger charge is -2.24. The first-order valence-corrected chi connectivity index (χ1v) is 10.4. The summed E-state index contributed by atoms with van der Waals surface area (Å²) in [5, 5.41) is 14.1. The molecule has 1 aliphatic carbocycles. The predicted molar refractivity (Wildman–Crippen MR) is 117 cm³/mol. The maximum Gasteiger partial charge on any atom is 0.407 e. The molecule has 7 nitrogen and oxygen atoms in total. The minimum atomic E-state index is -1.00. The number of hydrogen-bond acceptors (Lipinski definition) is 4. The number of alkyl carbamates (subject to hydrolysis) is 1. The number of carbonyl (C=O) groups excluding carboxylic acids is 2. The molecule has 164 valence electrons. The largest absolute Gasteiger partial charge is 0.481 e. The number of nitrogens with one attached hydrogen (secondary N) is 2. The van der Waals surface area contributed by atoms with E-state index in [1.165, 1.54) is 0 Å². The molecule has 2 amide bonds. The first-order valence-electron chi connectivity index (χ1n) is 10.4. The van der Waals surface area contributed by atoms with Gasteiger partial charge in [0.15, 0.2) is 0 Å². The number of rotatable bonds is 8. The third-order valence-electron chi connectivity index (χ3n) is 5.44. The highest BCUT2D eigenvalue weighted by Gasteiger charge is 2.30. The van der Waals surface area contributed by atoms with E-state index in [1.54, 1.807) is 20.8 Å².